The highest BCUT2D eigenvalue weighted by atomic mass is 79.9. The fraction of sp³-hybridized carbons (Fsp3) is 0.333. The molecule has 1 unspecified atom stereocenters. The van der Waals surface area contributed by atoms with Crippen molar-refractivity contribution in [1.29, 1.82) is 0 Å². The second-order valence-corrected chi connectivity index (χ2v) is 4.20. The van der Waals surface area contributed by atoms with Crippen LogP contribution >= 0.6 is 27.5 Å². The van der Waals surface area contributed by atoms with Crippen LogP contribution in [0, 0.1) is 5.82 Å². The van der Waals surface area contributed by atoms with Crippen molar-refractivity contribution in [2.75, 3.05) is 7.11 Å². The summed E-state index contributed by atoms with van der Waals surface area (Å²) in [6, 6.07) is 3.10. The first-order valence-electron chi connectivity index (χ1n) is 3.73. The van der Waals surface area contributed by atoms with Crippen LogP contribution in [0.15, 0.2) is 16.6 Å². The zero-order chi connectivity index (χ0) is 10.0. The maximum Gasteiger partial charge on any atom is 0.166 e. The van der Waals surface area contributed by atoms with Crippen molar-refractivity contribution >= 4 is 27.5 Å². The number of methoxy groups -OCH3 is 1. The summed E-state index contributed by atoms with van der Waals surface area (Å²) in [6.07, 6.45) is 0. The third kappa shape index (κ3) is 2.35. The molecule has 72 valence electrons. The highest BCUT2D eigenvalue weighted by Crippen LogP contribution is 2.34. The molecule has 0 aliphatic carbocycles. The van der Waals surface area contributed by atoms with Gasteiger partial charge in [0.05, 0.1) is 12.5 Å². The quantitative estimate of drug-likeness (QED) is 0.739. The number of halogens is 3. The van der Waals surface area contributed by atoms with Crippen molar-refractivity contribution < 1.29 is 9.13 Å². The highest BCUT2D eigenvalue weighted by Gasteiger charge is 2.14. The van der Waals surface area contributed by atoms with Gasteiger partial charge in [0.2, 0.25) is 0 Å². The summed E-state index contributed by atoms with van der Waals surface area (Å²) in [6.45, 7) is 1.77. The van der Waals surface area contributed by atoms with Crippen molar-refractivity contribution in [3.05, 3.63) is 28.0 Å². The van der Waals surface area contributed by atoms with Crippen LogP contribution in [-0.4, -0.2) is 7.11 Å². The van der Waals surface area contributed by atoms with E-state index in [0.717, 1.165) is 0 Å². The standard InChI is InChI=1S/C9H9BrClFO/c1-5(11)7-3-6(10)4-8(12)9(7)13-2/h3-5H,1-2H3. The number of benzene rings is 1. The smallest absolute Gasteiger partial charge is 0.166 e. The monoisotopic (exact) mass is 266 g/mol. The summed E-state index contributed by atoms with van der Waals surface area (Å²) in [5.74, 6) is -0.190. The lowest BCUT2D eigenvalue weighted by Gasteiger charge is -2.11. The molecular weight excluding hydrogens is 258 g/mol. The summed E-state index contributed by atoms with van der Waals surface area (Å²) in [5.41, 5.74) is 0.649. The van der Waals surface area contributed by atoms with Gasteiger partial charge in [0.15, 0.2) is 11.6 Å². The zero-order valence-corrected chi connectivity index (χ0v) is 9.62. The summed E-state index contributed by atoms with van der Waals surface area (Å²) in [5, 5.41) is -0.276. The molecule has 0 aliphatic heterocycles. The Morgan fingerprint density at radius 2 is 2.15 bits per heavy atom. The fourth-order valence-corrected chi connectivity index (χ4v) is 1.70. The van der Waals surface area contributed by atoms with Crippen LogP contribution in [0.2, 0.25) is 0 Å². The molecule has 1 nitrogen and oxygen atoms in total. The van der Waals surface area contributed by atoms with E-state index in [1.54, 1.807) is 13.0 Å². The molecule has 0 aliphatic rings. The van der Waals surface area contributed by atoms with Gasteiger partial charge in [0, 0.05) is 10.0 Å². The molecule has 0 bridgehead atoms. The van der Waals surface area contributed by atoms with E-state index in [1.807, 2.05) is 0 Å². The van der Waals surface area contributed by atoms with Gasteiger partial charge in [-0.2, -0.15) is 0 Å². The van der Waals surface area contributed by atoms with Crippen LogP contribution in [0.3, 0.4) is 0 Å². The molecule has 0 amide bonds. The average molecular weight is 268 g/mol. The largest absolute Gasteiger partial charge is 0.493 e. The van der Waals surface area contributed by atoms with Gasteiger partial charge in [-0.25, -0.2) is 4.39 Å². The van der Waals surface area contributed by atoms with E-state index in [-0.39, 0.29) is 11.1 Å². The minimum Gasteiger partial charge on any atom is -0.493 e. The lowest BCUT2D eigenvalue weighted by molar-refractivity contribution is 0.381. The Labute approximate surface area is 90.0 Å². The molecule has 0 heterocycles. The molecule has 0 spiro atoms. The molecule has 0 radical (unpaired) electrons. The number of hydrogen-bond donors (Lipinski definition) is 0. The molecule has 0 N–H and O–H groups in total. The summed E-state index contributed by atoms with van der Waals surface area (Å²) in [4.78, 5) is 0. The van der Waals surface area contributed by atoms with Gasteiger partial charge in [0.1, 0.15) is 0 Å². The Hall–Kier alpha value is -0.280. The van der Waals surface area contributed by atoms with Crippen molar-refractivity contribution in [3.63, 3.8) is 0 Å². The zero-order valence-electron chi connectivity index (χ0n) is 7.27. The van der Waals surface area contributed by atoms with E-state index in [1.165, 1.54) is 13.2 Å². The van der Waals surface area contributed by atoms with Gasteiger partial charge < -0.3 is 4.74 Å². The van der Waals surface area contributed by atoms with Crippen LogP contribution in [0.25, 0.3) is 0 Å². The molecule has 1 atom stereocenters. The van der Waals surface area contributed by atoms with E-state index in [2.05, 4.69) is 15.9 Å². The molecule has 0 saturated carbocycles. The van der Waals surface area contributed by atoms with Gasteiger partial charge in [0.25, 0.3) is 0 Å². The normalized spacial score (nSPS) is 12.7. The Kier molecular flexibility index (Phi) is 3.56. The number of hydrogen-bond acceptors (Lipinski definition) is 1. The van der Waals surface area contributed by atoms with Crippen LogP contribution in [0.5, 0.6) is 5.75 Å². The molecule has 13 heavy (non-hydrogen) atoms. The SMILES string of the molecule is COc1c(F)cc(Br)cc1C(C)Cl. The van der Waals surface area contributed by atoms with Crippen LogP contribution < -0.4 is 4.74 Å². The highest BCUT2D eigenvalue weighted by molar-refractivity contribution is 9.10. The van der Waals surface area contributed by atoms with E-state index < -0.39 is 5.82 Å². The molecule has 0 fully saturated rings. The van der Waals surface area contributed by atoms with Gasteiger partial charge in [-0.15, -0.1) is 11.6 Å². The average Bonchev–Trinajstić information content (AvgIpc) is 2.02. The molecule has 1 aromatic carbocycles. The summed E-state index contributed by atoms with van der Waals surface area (Å²) < 4.78 is 18.8. The van der Waals surface area contributed by atoms with Gasteiger partial charge in [-0.1, -0.05) is 15.9 Å². The lowest BCUT2D eigenvalue weighted by atomic mass is 10.1. The number of rotatable bonds is 2. The van der Waals surface area contributed by atoms with E-state index in [4.69, 9.17) is 16.3 Å². The molecule has 4 heteroatoms. The Morgan fingerprint density at radius 3 is 2.62 bits per heavy atom. The minimum atomic E-state index is -0.403. The number of alkyl halides is 1. The Balaban J connectivity index is 3.29. The van der Waals surface area contributed by atoms with Gasteiger partial charge in [-0.3, -0.25) is 0 Å². The topological polar surface area (TPSA) is 9.23 Å². The first-order chi connectivity index (χ1) is 6.06. The van der Waals surface area contributed by atoms with Crippen molar-refractivity contribution in [3.8, 4) is 5.75 Å². The first-order valence-corrected chi connectivity index (χ1v) is 4.96. The van der Waals surface area contributed by atoms with Crippen molar-refractivity contribution in [2.24, 2.45) is 0 Å². The van der Waals surface area contributed by atoms with E-state index >= 15 is 0 Å². The van der Waals surface area contributed by atoms with Gasteiger partial charge >= 0.3 is 0 Å². The second kappa shape index (κ2) is 4.29. The molecular formula is C9H9BrClFO. The summed E-state index contributed by atoms with van der Waals surface area (Å²) >= 11 is 9.05. The predicted molar refractivity (Wildman–Crippen MR) is 54.9 cm³/mol. The van der Waals surface area contributed by atoms with Crippen molar-refractivity contribution in [2.45, 2.75) is 12.3 Å². The van der Waals surface area contributed by atoms with Gasteiger partial charge in [-0.05, 0) is 19.1 Å². The minimum absolute atomic E-state index is 0.214. The Bertz CT molecular complexity index is 315. The van der Waals surface area contributed by atoms with E-state index in [0.29, 0.717) is 10.0 Å². The first kappa shape index (κ1) is 10.8. The third-order valence-corrected chi connectivity index (χ3v) is 2.36. The summed E-state index contributed by atoms with van der Waals surface area (Å²) in [7, 11) is 1.43. The fourth-order valence-electron chi connectivity index (χ4n) is 1.09. The molecule has 0 aromatic heterocycles. The molecule has 0 saturated heterocycles. The van der Waals surface area contributed by atoms with Crippen molar-refractivity contribution in [1.82, 2.24) is 0 Å². The predicted octanol–water partition coefficient (Wildman–Crippen LogP) is 3.90. The van der Waals surface area contributed by atoms with Crippen LogP contribution in [0.4, 0.5) is 4.39 Å². The van der Waals surface area contributed by atoms with Crippen LogP contribution in [-0.2, 0) is 0 Å². The maximum absolute atomic E-state index is 13.3. The van der Waals surface area contributed by atoms with E-state index in [9.17, 15) is 4.39 Å². The molecule has 1 rings (SSSR count). The third-order valence-electron chi connectivity index (χ3n) is 1.67. The van der Waals surface area contributed by atoms with Crippen LogP contribution in [0.1, 0.15) is 17.9 Å². The second-order valence-electron chi connectivity index (χ2n) is 2.63. The maximum atomic E-state index is 13.3. The molecule has 1 aromatic rings. The number of ether oxygens (including phenoxy) is 1. The lowest BCUT2D eigenvalue weighted by Crippen LogP contribution is -1.96. The Morgan fingerprint density at radius 1 is 1.54 bits per heavy atom.